The molecule has 5 rings (SSSR count). The van der Waals surface area contributed by atoms with Crippen LogP contribution in [0, 0.1) is 17.5 Å². The molecule has 11 heteroatoms. The van der Waals surface area contributed by atoms with Crippen LogP contribution in [-0.2, 0) is 0 Å². The normalized spacial score (nSPS) is 12.4. The van der Waals surface area contributed by atoms with Crippen molar-refractivity contribution in [1.29, 1.82) is 0 Å². The lowest BCUT2D eigenvalue weighted by Gasteiger charge is -2.24. The lowest BCUT2D eigenvalue weighted by Crippen LogP contribution is -2.27. The van der Waals surface area contributed by atoms with Crippen molar-refractivity contribution in [3.63, 3.8) is 0 Å². The van der Waals surface area contributed by atoms with Crippen LogP contribution in [-0.4, -0.2) is 24.5 Å². The number of hydrogen-bond donors (Lipinski definition) is 2. The molecule has 0 aliphatic carbocycles. The average Bonchev–Trinajstić information content (AvgIpc) is 3.30. The van der Waals surface area contributed by atoms with Crippen LogP contribution in [0.25, 0.3) is 27.6 Å². The molecular weight excluding hydrogens is 469 g/mol. The fourth-order valence-corrected chi connectivity index (χ4v) is 4.20. The number of fused-ring (bicyclic) bond motifs is 2. The number of aromatic amines is 1. The van der Waals surface area contributed by atoms with Gasteiger partial charge in [0.25, 0.3) is 5.56 Å². The van der Waals surface area contributed by atoms with E-state index in [1.54, 1.807) is 6.07 Å². The molecule has 0 spiro atoms. The Labute approximate surface area is 195 Å². The van der Waals surface area contributed by atoms with E-state index in [-0.39, 0.29) is 16.1 Å². The number of nitrogens with zero attached hydrogens (tertiary/aromatic N) is 4. The SMILES string of the molecule is CCC(Nc1ncnc2[nH]cnc12)c1cc2ccc(F)c(Cl)c2c(=O)n1-c1ccc(F)cc1F. The highest BCUT2D eigenvalue weighted by molar-refractivity contribution is 6.35. The predicted octanol–water partition coefficient (Wildman–Crippen LogP) is 5.29. The first-order valence-electron chi connectivity index (χ1n) is 10.3. The molecule has 0 aliphatic heterocycles. The highest BCUT2D eigenvalue weighted by Gasteiger charge is 2.23. The van der Waals surface area contributed by atoms with Gasteiger partial charge in [-0.2, -0.15) is 0 Å². The highest BCUT2D eigenvalue weighted by Crippen LogP contribution is 2.31. The van der Waals surface area contributed by atoms with Gasteiger partial charge in [-0.05, 0) is 36.1 Å². The minimum Gasteiger partial charge on any atom is -0.360 e. The Kier molecular flexibility index (Phi) is 5.45. The zero-order chi connectivity index (χ0) is 24.0. The number of benzene rings is 2. The number of aromatic nitrogens is 5. The van der Waals surface area contributed by atoms with E-state index in [9.17, 15) is 18.0 Å². The zero-order valence-corrected chi connectivity index (χ0v) is 18.4. The quantitative estimate of drug-likeness (QED) is 0.354. The van der Waals surface area contributed by atoms with Crippen molar-refractivity contribution in [2.24, 2.45) is 0 Å². The minimum atomic E-state index is -0.957. The first-order chi connectivity index (χ1) is 16.4. The van der Waals surface area contributed by atoms with E-state index >= 15 is 0 Å². The third-order valence-corrected chi connectivity index (χ3v) is 5.92. The largest absolute Gasteiger partial charge is 0.360 e. The van der Waals surface area contributed by atoms with Crippen molar-refractivity contribution in [1.82, 2.24) is 24.5 Å². The minimum absolute atomic E-state index is 0.110. The smallest absolute Gasteiger partial charge is 0.264 e. The van der Waals surface area contributed by atoms with Gasteiger partial charge in [0, 0.05) is 11.8 Å². The van der Waals surface area contributed by atoms with Crippen molar-refractivity contribution in [3.8, 4) is 5.69 Å². The monoisotopic (exact) mass is 484 g/mol. The Hall–Kier alpha value is -3.92. The Morgan fingerprint density at radius 3 is 2.68 bits per heavy atom. The first-order valence-corrected chi connectivity index (χ1v) is 10.7. The van der Waals surface area contributed by atoms with Crippen LogP contribution in [0.2, 0.25) is 5.02 Å². The predicted molar refractivity (Wildman–Crippen MR) is 123 cm³/mol. The lowest BCUT2D eigenvalue weighted by atomic mass is 10.0. The van der Waals surface area contributed by atoms with Crippen LogP contribution < -0.4 is 10.9 Å². The lowest BCUT2D eigenvalue weighted by molar-refractivity contribution is 0.572. The van der Waals surface area contributed by atoms with E-state index in [2.05, 4.69) is 25.3 Å². The Morgan fingerprint density at radius 1 is 1.09 bits per heavy atom. The molecule has 0 fully saturated rings. The first kappa shape index (κ1) is 21.9. The number of pyridine rings is 1. The summed E-state index contributed by atoms with van der Waals surface area (Å²) in [5.41, 5.74) is 0.395. The second-order valence-electron chi connectivity index (χ2n) is 7.56. The molecule has 0 saturated heterocycles. The van der Waals surface area contributed by atoms with Crippen LogP contribution in [0.1, 0.15) is 25.1 Å². The summed E-state index contributed by atoms with van der Waals surface area (Å²) in [5, 5.41) is 3.12. The fraction of sp³-hybridized carbons (Fsp3) is 0.130. The number of rotatable bonds is 5. The number of halogens is 4. The molecule has 0 aliphatic rings. The van der Waals surface area contributed by atoms with Gasteiger partial charge in [-0.1, -0.05) is 24.6 Å². The molecule has 7 nitrogen and oxygen atoms in total. The van der Waals surface area contributed by atoms with Gasteiger partial charge in [0.2, 0.25) is 0 Å². The topological polar surface area (TPSA) is 88.5 Å². The second kappa shape index (κ2) is 8.45. The van der Waals surface area contributed by atoms with E-state index in [1.165, 1.54) is 18.7 Å². The summed E-state index contributed by atoms with van der Waals surface area (Å²) >= 11 is 6.12. The van der Waals surface area contributed by atoms with Crippen LogP contribution in [0.15, 0.2) is 53.8 Å². The van der Waals surface area contributed by atoms with E-state index in [0.29, 0.717) is 40.5 Å². The molecule has 3 aromatic heterocycles. The zero-order valence-electron chi connectivity index (χ0n) is 17.6. The third-order valence-electron chi connectivity index (χ3n) is 5.55. The van der Waals surface area contributed by atoms with Gasteiger partial charge in [-0.15, -0.1) is 0 Å². The molecule has 172 valence electrons. The van der Waals surface area contributed by atoms with Crippen molar-refractivity contribution >= 4 is 39.4 Å². The van der Waals surface area contributed by atoms with Crippen LogP contribution in [0.3, 0.4) is 0 Å². The molecule has 0 saturated carbocycles. The summed E-state index contributed by atoms with van der Waals surface area (Å²) in [5.74, 6) is -2.14. The van der Waals surface area contributed by atoms with Gasteiger partial charge in [0.1, 0.15) is 29.3 Å². The van der Waals surface area contributed by atoms with Crippen LogP contribution in [0.4, 0.5) is 19.0 Å². The van der Waals surface area contributed by atoms with Gasteiger partial charge in [0.05, 0.1) is 28.5 Å². The number of imidazole rings is 1. The summed E-state index contributed by atoms with van der Waals surface area (Å²) in [7, 11) is 0. The summed E-state index contributed by atoms with van der Waals surface area (Å²) in [6, 6.07) is 6.50. The Balaban J connectivity index is 1.78. The number of H-pyrrole nitrogens is 1. The molecular formula is C23H16ClF3N6O. The molecule has 34 heavy (non-hydrogen) atoms. The van der Waals surface area contributed by atoms with Crippen molar-refractivity contribution in [3.05, 3.63) is 87.6 Å². The van der Waals surface area contributed by atoms with E-state index in [1.807, 2.05) is 6.92 Å². The maximum absolute atomic E-state index is 14.9. The van der Waals surface area contributed by atoms with Crippen molar-refractivity contribution in [2.75, 3.05) is 5.32 Å². The van der Waals surface area contributed by atoms with Gasteiger partial charge >= 0.3 is 0 Å². The number of nitrogens with one attached hydrogen (secondary N) is 2. The highest BCUT2D eigenvalue weighted by atomic mass is 35.5. The van der Waals surface area contributed by atoms with Gasteiger partial charge in [-0.25, -0.2) is 28.1 Å². The molecule has 2 aromatic carbocycles. The van der Waals surface area contributed by atoms with E-state index < -0.39 is 29.1 Å². The van der Waals surface area contributed by atoms with Crippen molar-refractivity contribution in [2.45, 2.75) is 19.4 Å². The third kappa shape index (κ3) is 3.56. The molecule has 0 radical (unpaired) electrons. The number of hydrogen-bond acceptors (Lipinski definition) is 5. The Morgan fingerprint density at radius 2 is 1.91 bits per heavy atom. The maximum atomic E-state index is 14.9. The fourth-order valence-electron chi connectivity index (χ4n) is 3.94. The summed E-state index contributed by atoms with van der Waals surface area (Å²) in [4.78, 5) is 29.1. The number of anilines is 1. The molecule has 5 aromatic rings. The molecule has 1 atom stereocenters. The molecule has 3 heterocycles. The second-order valence-corrected chi connectivity index (χ2v) is 7.94. The molecule has 0 amide bonds. The van der Waals surface area contributed by atoms with Gasteiger partial charge < -0.3 is 10.3 Å². The Bertz CT molecular complexity index is 1620. The summed E-state index contributed by atoms with van der Waals surface area (Å²) in [6.45, 7) is 1.86. The molecule has 1 unspecified atom stereocenters. The summed E-state index contributed by atoms with van der Waals surface area (Å²) in [6.07, 6.45) is 3.27. The van der Waals surface area contributed by atoms with E-state index in [0.717, 1.165) is 22.8 Å². The standard InChI is InChI=1S/C23H16ClF3N6O/c1-2-15(32-22-20-21(29-9-28-20)30-10-31-22)17-7-11-3-5-13(26)19(24)18(11)23(34)33(17)16-6-4-12(25)8-14(16)27/h3-10,15H,2H2,1H3,(H2,28,29,30,31,32). The van der Waals surface area contributed by atoms with Crippen LogP contribution in [0.5, 0.6) is 0 Å². The molecule has 2 N–H and O–H groups in total. The van der Waals surface area contributed by atoms with E-state index in [4.69, 9.17) is 11.6 Å². The maximum Gasteiger partial charge on any atom is 0.264 e. The summed E-state index contributed by atoms with van der Waals surface area (Å²) < 4.78 is 43.8. The van der Waals surface area contributed by atoms with Crippen LogP contribution >= 0.6 is 11.6 Å². The van der Waals surface area contributed by atoms with Gasteiger partial charge in [0.15, 0.2) is 11.5 Å². The van der Waals surface area contributed by atoms with Gasteiger partial charge in [-0.3, -0.25) is 9.36 Å². The molecule has 0 bridgehead atoms. The van der Waals surface area contributed by atoms with Crippen molar-refractivity contribution < 1.29 is 13.2 Å². The average molecular weight is 485 g/mol.